The van der Waals surface area contributed by atoms with Gasteiger partial charge in [-0.25, -0.2) is 4.79 Å². The van der Waals surface area contributed by atoms with E-state index in [-0.39, 0.29) is 5.56 Å². The summed E-state index contributed by atoms with van der Waals surface area (Å²) >= 11 is 9.37. The summed E-state index contributed by atoms with van der Waals surface area (Å²) < 4.78 is 0.613. The molecule has 1 aromatic carbocycles. The van der Waals surface area contributed by atoms with Crippen molar-refractivity contribution in [2.24, 2.45) is 0 Å². The number of carboxylic acids is 1. The van der Waals surface area contributed by atoms with Gasteiger partial charge in [-0.3, -0.25) is 4.79 Å². The van der Waals surface area contributed by atoms with Gasteiger partial charge in [0.25, 0.3) is 5.91 Å². The van der Waals surface area contributed by atoms with Crippen molar-refractivity contribution in [2.45, 2.75) is 44.1 Å². The number of benzene rings is 1. The first-order chi connectivity index (χ1) is 9.96. The molecule has 0 bridgehead atoms. The van der Waals surface area contributed by atoms with Gasteiger partial charge in [0.1, 0.15) is 5.54 Å². The maximum atomic E-state index is 12.4. The fourth-order valence-corrected chi connectivity index (χ4v) is 3.27. The number of halogens is 2. The summed E-state index contributed by atoms with van der Waals surface area (Å²) in [5, 5.41) is 12.6. The second-order valence-corrected chi connectivity index (χ2v) is 6.59. The van der Waals surface area contributed by atoms with Crippen molar-refractivity contribution in [1.29, 1.82) is 0 Å². The summed E-state index contributed by atoms with van der Waals surface area (Å²) in [6.07, 6.45) is 4.53. The number of carboxylic acid groups (broad SMARTS) is 1. The first kappa shape index (κ1) is 16.3. The predicted octanol–water partition coefficient (Wildman–Crippen LogP) is 4.01. The average molecular weight is 375 g/mol. The van der Waals surface area contributed by atoms with Crippen LogP contribution < -0.4 is 5.32 Å². The largest absolute Gasteiger partial charge is 0.480 e. The topological polar surface area (TPSA) is 66.4 Å². The molecule has 6 heteroatoms. The Bertz CT molecular complexity index is 554. The first-order valence-electron chi connectivity index (χ1n) is 6.96. The van der Waals surface area contributed by atoms with E-state index in [4.69, 9.17) is 11.6 Å². The van der Waals surface area contributed by atoms with Gasteiger partial charge in [0.2, 0.25) is 0 Å². The number of hydrogen-bond donors (Lipinski definition) is 2. The summed E-state index contributed by atoms with van der Waals surface area (Å²) in [4.78, 5) is 24.1. The molecule has 1 aromatic rings. The van der Waals surface area contributed by atoms with Gasteiger partial charge < -0.3 is 10.4 Å². The van der Waals surface area contributed by atoms with Crippen LogP contribution in [-0.4, -0.2) is 22.5 Å². The SMILES string of the molecule is O=C(NC1(C(=O)O)CCCCCC1)c1cccc(Br)c1Cl. The summed E-state index contributed by atoms with van der Waals surface area (Å²) in [5.41, 5.74) is -0.893. The molecule has 0 radical (unpaired) electrons. The Morgan fingerprint density at radius 2 is 1.81 bits per heavy atom. The van der Waals surface area contributed by atoms with Crippen LogP contribution in [0, 0.1) is 0 Å². The minimum atomic E-state index is -1.18. The number of carbonyl (C=O) groups is 2. The van der Waals surface area contributed by atoms with E-state index in [1.54, 1.807) is 18.2 Å². The third kappa shape index (κ3) is 3.58. The molecule has 0 spiro atoms. The van der Waals surface area contributed by atoms with Gasteiger partial charge in [-0.2, -0.15) is 0 Å². The van der Waals surface area contributed by atoms with Crippen LogP contribution in [0.25, 0.3) is 0 Å². The maximum absolute atomic E-state index is 12.4. The lowest BCUT2D eigenvalue weighted by molar-refractivity contribution is -0.145. The van der Waals surface area contributed by atoms with Crippen LogP contribution in [0.5, 0.6) is 0 Å². The summed E-state index contributed by atoms with van der Waals surface area (Å²) in [6, 6.07) is 5.03. The normalized spacial score (nSPS) is 17.8. The summed E-state index contributed by atoms with van der Waals surface area (Å²) in [7, 11) is 0. The van der Waals surface area contributed by atoms with Crippen molar-refractivity contribution in [1.82, 2.24) is 5.32 Å². The van der Waals surface area contributed by atoms with E-state index in [1.165, 1.54) is 0 Å². The Balaban J connectivity index is 2.26. The number of hydrogen-bond acceptors (Lipinski definition) is 2. The molecule has 0 aliphatic heterocycles. The molecule has 2 rings (SSSR count). The Morgan fingerprint density at radius 1 is 1.19 bits per heavy atom. The summed E-state index contributed by atoms with van der Waals surface area (Å²) in [6.45, 7) is 0. The molecular weight excluding hydrogens is 358 g/mol. The quantitative estimate of drug-likeness (QED) is 0.786. The highest BCUT2D eigenvalue weighted by Crippen LogP contribution is 2.30. The molecule has 1 saturated carbocycles. The van der Waals surface area contributed by atoms with Crippen molar-refractivity contribution < 1.29 is 14.7 Å². The zero-order chi connectivity index (χ0) is 15.5. The van der Waals surface area contributed by atoms with Gasteiger partial charge in [0, 0.05) is 4.47 Å². The lowest BCUT2D eigenvalue weighted by Gasteiger charge is -2.29. The minimum Gasteiger partial charge on any atom is -0.480 e. The molecule has 0 aromatic heterocycles. The van der Waals surface area contributed by atoms with Crippen LogP contribution in [0.3, 0.4) is 0 Å². The van der Waals surface area contributed by atoms with Crippen LogP contribution in [0.2, 0.25) is 5.02 Å². The van der Waals surface area contributed by atoms with E-state index in [2.05, 4.69) is 21.2 Å². The van der Waals surface area contributed by atoms with Crippen molar-refractivity contribution in [3.63, 3.8) is 0 Å². The van der Waals surface area contributed by atoms with Crippen molar-refractivity contribution in [3.05, 3.63) is 33.3 Å². The number of amides is 1. The Morgan fingerprint density at radius 3 is 2.38 bits per heavy atom. The van der Waals surface area contributed by atoms with E-state index in [0.717, 1.165) is 25.7 Å². The zero-order valence-corrected chi connectivity index (χ0v) is 13.8. The van der Waals surface area contributed by atoms with E-state index in [1.807, 2.05) is 0 Å². The van der Waals surface area contributed by atoms with Gasteiger partial charge in [-0.1, -0.05) is 43.4 Å². The Labute approximate surface area is 137 Å². The van der Waals surface area contributed by atoms with Gasteiger partial charge in [0.15, 0.2) is 0 Å². The van der Waals surface area contributed by atoms with E-state index >= 15 is 0 Å². The average Bonchev–Trinajstić information content (AvgIpc) is 2.68. The fraction of sp³-hybridized carbons (Fsp3) is 0.467. The molecular formula is C15H17BrClNO3. The molecule has 1 aliphatic rings. The Kier molecular flexibility index (Phi) is 5.27. The van der Waals surface area contributed by atoms with E-state index < -0.39 is 17.4 Å². The van der Waals surface area contributed by atoms with Crippen molar-refractivity contribution in [2.75, 3.05) is 0 Å². The smallest absolute Gasteiger partial charge is 0.329 e. The second-order valence-electron chi connectivity index (χ2n) is 5.36. The van der Waals surface area contributed by atoms with Crippen LogP contribution in [-0.2, 0) is 4.79 Å². The molecule has 21 heavy (non-hydrogen) atoms. The van der Waals surface area contributed by atoms with Gasteiger partial charge in [0.05, 0.1) is 10.6 Å². The molecule has 2 N–H and O–H groups in total. The molecule has 1 amide bonds. The van der Waals surface area contributed by atoms with Crippen LogP contribution in [0.4, 0.5) is 0 Å². The van der Waals surface area contributed by atoms with Crippen LogP contribution in [0.1, 0.15) is 48.9 Å². The molecule has 0 heterocycles. The number of carbonyl (C=O) groups excluding carboxylic acids is 1. The molecule has 1 fully saturated rings. The van der Waals surface area contributed by atoms with Crippen LogP contribution in [0.15, 0.2) is 22.7 Å². The number of rotatable bonds is 3. The van der Waals surface area contributed by atoms with Crippen molar-refractivity contribution in [3.8, 4) is 0 Å². The standard InChI is InChI=1S/C15H17BrClNO3/c16-11-7-5-6-10(12(11)17)13(19)18-15(14(20)21)8-3-1-2-4-9-15/h5-7H,1-4,8-9H2,(H,18,19)(H,20,21). The number of nitrogens with one attached hydrogen (secondary N) is 1. The highest BCUT2D eigenvalue weighted by Gasteiger charge is 2.40. The monoisotopic (exact) mass is 373 g/mol. The first-order valence-corrected chi connectivity index (χ1v) is 8.13. The fourth-order valence-electron chi connectivity index (χ4n) is 2.69. The van der Waals surface area contributed by atoms with Crippen molar-refractivity contribution >= 4 is 39.4 Å². The lowest BCUT2D eigenvalue weighted by Crippen LogP contribution is -2.54. The zero-order valence-electron chi connectivity index (χ0n) is 11.5. The van der Waals surface area contributed by atoms with E-state index in [0.29, 0.717) is 22.3 Å². The Hall–Kier alpha value is -1.07. The summed E-state index contributed by atoms with van der Waals surface area (Å²) in [5.74, 6) is -1.41. The highest BCUT2D eigenvalue weighted by atomic mass is 79.9. The highest BCUT2D eigenvalue weighted by molar-refractivity contribution is 9.10. The molecule has 114 valence electrons. The van der Waals surface area contributed by atoms with E-state index in [9.17, 15) is 14.7 Å². The maximum Gasteiger partial charge on any atom is 0.329 e. The molecule has 4 nitrogen and oxygen atoms in total. The minimum absolute atomic E-state index is 0.288. The third-order valence-corrected chi connectivity index (χ3v) is 5.21. The van der Waals surface area contributed by atoms with Gasteiger partial charge in [-0.05, 0) is 40.9 Å². The number of aliphatic carboxylic acids is 1. The second kappa shape index (κ2) is 6.79. The van der Waals surface area contributed by atoms with Crippen LogP contribution >= 0.6 is 27.5 Å². The molecule has 1 aliphatic carbocycles. The molecule has 0 saturated heterocycles. The molecule has 0 atom stereocenters. The lowest BCUT2D eigenvalue weighted by atomic mass is 9.90. The molecule has 0 unspecified atom stereocenters. The predicted molar refractivity (Wildman–Crippen MR) is 84.7 cm³/mol. The van der Waals surface area contributed by atoms with Gasteiger partial charge >= 0.3 is 5.97 Å². The van der Waals surface area contributed by atoms with Gasteiger partial charge in [-0.15, -0.1) is 0 Å². The third-order valence-electron chi connectivity index (χ3n) is 3.92.